The van der Waals surface area contributed by atoms with E-state index in [0.29, 0.717) is 0 Å². The SMILES string of the molecule is Cc1cccc(N2CCN(c3nc(C)cc(Nc4ccc(C)cc4C)n3)CC2)c1. The van der Waals surface area contributed by atoms with Crippen LogP contribution >= 0.6 is 0 Å². The van der Waals surface area contributed by atoms with Crippen LogP contribution in [0.4, 0.5) is 23.1 Å². The molecule has 0 aliphatic carbocycles. The van der Waals surface area contributed by atoms with Crippen LogP contribution in [0, 0.1) is 27.7 Å². The Bertz CT molecular complexity index is 1010. The lowest BCUT2D eigenvalue weighted by Crippen LogP contribution is -2.47. The van der Waals surface area contributed by atoms with Gasteiger partial charge in [0.25, 0.3) is 0 Å². The Balaban J connectivity index is 1.48. The molecule has 150 valence electrons. The summed E-state index contributed by atoms with van der Waals surface area (Å²) in [5.41, 5.74) is 7.14. The molecule has 3 aromatic rings. The lowest BCUT2D eigenvalue weighted by molar-refractivity contribution is 0.639. The molecule has 5 nitrogen and oxygen atoms in total. The Kier molecular flexibility index (Phi) is 5.38. The summed E-state index contributed by atoms with van der Waals surface area (Å²) in [5, 5.41) is 3.47. The van der Waals surface area contributed by atoms with Crippen LogP contribution < -0.4 is 15.1 Å². The minimum Gasteiger partial charge on any atom is -0.368 e. The third-order valence-corrected chi connectivity index (χ3v) is 5.42. The van der Waals surface area contributed by atoms with Crippen molar-refractivity contribution in [2.45, 2.75) is 27.7 Å². The van der Waals surface area contributed by atoms with Gasteiger partial charge in [-0.1, -0.05) is 29.8 Å². The molecule has 0 radical (unpaired) electrons. The first kappa shape index (κ1) is 19.2. The highest BCUT2D eigenvalue weighted by atomic mass is 15.3. The second-order valence-electron chi connectivity index (χ2n) is 7.95. The van der Waals surface area contributed by atoms with Gasteiger partial charge in [-0.2, -0.15) is 4.98 Å². The highest BCUT2D eigenvalue weighted by Gasteiger charge is 2.20. The van der Waals surface area contributed by atoms with Crippen LogP contribution in [0.15, 0.2) is 48.5 Å². The van der Waals surface area contributed by atoms with Crippen molar-refractivity contribution in [1.29, 1.82) is 0 Å². The largest absolute Gasteiger partial charge is 0.368 e. The van der Waals surface area contributed by atoms with E-state index >= 15 is 0 Å². The fraction of sp³-hybridized carbons (Fsp3) is 0.333. The molecule has 29 heavy (non-hydrogen) atoms. The molecule has 0 amide bonds. The van der Waals surface area contributed by atoms with Gasteiger partial charge in [-0.3, -0.25) is 0 Å². The molecule has 1 aliphatic heterocycles. The third-order valence-electron chi connectivity index (χ3n) is 5.42. The Hall–Kier alpha value is -3.08. The maximum atomic E-state index is 4.81. The number of nitrogens with zero attached hydrogens (tertiary/aromatic N) is 4. The summed E-state index contributed by atoms with van der Waals surface area (Å²) in [6.45, 7) is 12.2. The molecule has 0 bridgehead atoms. The normalized spacial score (nSPS) is 14.2. The number of hydrogen-bond donors (Lipinski definition) is 1. The summed E-state index contributed by atoms with van der Waals surface area (Å²) >= 11 is 0. The number of aromatic nitrogens is 2. The number of piperazine rings is 1. The molecular weight excluding hydrogens is 358 g/mol. The minimum absolute atomic E-state index is 0.807. The molecule has 1 saturated heterocycles. The highest BCUT2D eigenvalue weighted by Crippen LogP contribution is 2.24. The summed E-state index contributed by atoms with van der Waals surface area (Å²) < 4.78 is 0. The van der Waals surface area contributed by atoms with Gasteiger partial charge in [-0.25, -0.2) is 4.98 Å². The fourth-order valence-corrected chi connectivity index (χ4v) is 3.84. The van der Waals surface area contributed by atoms with E-state index in [2.05, 4.69) is 78.4 Å². The van der Waals surface area contributed by atoms with Gasteiger partial charge in [0.1, 0.15) is 5.82 Å². The van der Waals surface area contributed by atoms with Gasteiger partial charge in [0.15, 0.2) is 0 Å². The van der Waals surface area contributed by atoms with E-state index in [9.17, 15) is 0 Å². The van der Waals surface area contributed by atoms with Crippen LogP contribution in [0.5, 0.6) is 0 Å². The quantitative estimate of drug-likeness (QED) is 0.698. The number of benzene rings is 2. The molecule has 4 rings (SSSR count). The van der Waals surface area contributed by atoms with Crippen molar-refractivity contribution >= 4 is 23.1 Å². The first-order valence-electron chi connectivity index (χ1n) is 10.2. The Morgan fingerprint density at radius 3 is 2.21 bits per heavy atom. The van der Waals surface area contributed by atoms with E-state index in [-0.39, 0.29) is 0 Å². The minimum atomic E-state index is 0.807. The first-order valence-corrected chi connectivity index (χ1v) is 10.2. The van der Waals surface area contributed by atoms with E-state index in [1.165, 1.54) is 22.4 Å². The van der Waals surface area contributed by atoms with Crippen molar-refractivity contribution in [2.75, 3.05) is 41.3 Å². The van der Waals surface area contributed by atoms with Crippen LogP contribution in [0.25, 0.3) is 0 Å². The average Bonchev–Trinajstić information content (AvgIpc) is 2.70. The van der Waals surface area contributed by atoms with Crippen molar-refractivity contribution in [3.05, 3.63) is 70.9 Å². The molecule has 0 saturated carbocycles. The number of aryl methyl sites for hydroxylation is 4. The van der Waals surface area contributed by atoms with Gasteiger partial charge in [-0.15, -0.1) is 0 Å². The number of rotatable bonds is 4. The van der Waals surface area contributed by atoms with Crippen LogP contribution in [-0.2, 0) is 0 Å². The lowest BCUT2D eigenvalue weighted by atomic mass is 10.1. The molecule has 0 unspecified atom stereocenters. The fourth-order valence-electron chi connectivity index (χ4n) is 3.84. The molecule has 1 aliphatic rings. The maximum Gasteiger partial charge on any atom is 0.227 e. The molecule has 0 atom stereocenters. The van der Waals surface area contributed by atoms with E-state index < -0.39 is 0 Å². The molecular formula is C24H29N5. The van der Waals surface area contributed by atoms with Crippen molar-refractivity contribution in [3.8, 4) is 0 Å². The number of hydrogen-bond acceptors (Lipinski definition) is 5. The van der Waals surface area contributed by atoms with Gasteiger partial charge in [-0.05, 0) is 57.0 Å². The molecule has 5 heteroatoms. The van der Waals surface area contributed by atoms with E-state index in [4.69, 9.17) is 9.97 Å². The molecule has 1 fully saturated rings. The maximum absolute atomic E-state index is 4.81. The molecule has 1 aromatic heterocycles. The van der Waals surface area contributed by atoms with Gasteiger partial charge >= 0.3 is 0 Å². The van der Waals surface area contributed by atoms with E-state index in [1.54, 1.807) is 0 Å². The second kappa shape index (κ2) is 8.11. The zero-order valence-corrected chi connectivity index (χ0v) is 17.7. The second-order valence-corrected chi connectivity index (χ2v) is 7.95. The summed E-state index contributed by atoms with van der Waals surface area (Å²) in [5.74, 6) is 1.65. The molecule has 1 N–H and O–H groups in total. The van der Waals surface area contributed by atoms with E-state index in [1.807, 2.05) is 13.0 Å². The Morgan fingerprint density at radius 2 is 1.48 bits per heavy atom. The standard InChI is InChI=1S/C24H29N5/c1-17-6-5-7-21(15-17)28-10-12-29(13-11-28)24-25-20(4)16-23(27-24)26-22-9-8-18(2)14-19(22)3/h5-9,14-16H,10-13H2,1-4H3,(H,25,26,27). The van der Waals surface area contributed by atoms with Gasteiger partial charge < -0.3 is 15.1 Å². The predicted octanol–water partition coefficient (Wildman–Crippen LogP) is 4.78. The number of nitrogens with one attached hydrogen (secondary N) is 1. The molecule has 0 spiro atoms. The monoisotopic (exact) mass is 387 g/mol. The first-order chi connectivity index (χ1) is 14.0. The summed E-state index contributed by atoms with van der Waals surface area (Å²) in [6.07, 6.45) is 0. The number of anilines is 4. The van der Waals surface area contributed by atoms with Crippen molar-refractivity contribution in [2.24, 2.45) is 0 Å². The Labute approximate surface area is 173 Å². The van der Waals surface area contributed by atoms with Crippen molar-refractivity contribution < 1.29 is 0 Å². The van der Waals surface area contributed by atoms with E-state index in [0.717, 1.165) is 49.3 Å². The Morgan fingerprint density at radius 1 is 0.759 bits per heavy atom. The summed E-state index contributed by atoms with van der Waals surface area (Å²) in [4.78, 5) is 14.2. The van der Waals surface area contributed by atoms with Gasteiger partial charge in [0.2, 0.25) is 5.95 Å². The zero-order chi connectivity index (χ0) is 20.4. The van der Waals surface area contributed by atoms with Gasteiger partial charge in [0.05, 0.1) is 0 Å². The summed E-state index contributed by atoms with van der Waals surface area (Å²) in [6, 6.07) is 17.1. The smallest absolute Gasteiger partial charge is 0.227 e. The van der Waals surface area contributed by atoms with Crippen LogP contribution in [0.3, 0.4) is 0 Å². The van der Waals surface area contributed by atoms with Crippen LogP contribution in [0.2, 0.25) is 0 Å². The average molecular weight is 388 g/mol. The molecule has 2 aromatic carbocycles. The van der Waals surface area contributed by atoms with Crippen LogP contribution in [-0.4, -0.2) is 36.1 Å². The predicted molar refractivity (Wildman–Crippen MR) is 122 cm³/mol. The van der Waals surface area contributed by atoms with Gasteiger partial charge in [0, 0.05) is 49.3 Å². The topological polar surface area (TPSA) is 44.3 Å². The summed E-state index contributed by atoms with van der Waals surface area (Å²) in [7, 11) is 0. The zero-order valence-electron chi connectivity index (χ0n) is 17.7. The molecule has 2 heterocycles. The highest BCUT2D eigenvalue weighted by molar-refractivity contribution is 5.62. The lowest BCUT2D eigenvalue weighted by Gasteiger charge is -2.36. The van der Waals surface area contributed by atoms with Crippen molar-refractivity contribution in [1.82, 2.24) is 9.97 Å². The van der Waals surface area contributed by atoms with Crippen molar-refractivity contribution in [3.63, 3.8) is 0 Å². The van der Waals surface area contributed by atoms with Crippen LogP contribution in [0.1, 0.15) is 22.4 Å². The third kappa shape index (κ3) is 4.50.